The molecule has 1 aliphatic heterocycles. The summed E-state index contributed by atoms with van der Waals surface area (Å²) >= 11 is 1.54. The van der Waals surface area contributed by atoms with Gasteiger partial charge in [-0.25, -0.2) is 19.9 Å². The number of hydrogen-bond acceptors (Lipinski definition) is 8. The smallest absolute Gasteiger partial charge is 0.134 e. The molecule has 0 radical (unpaired) electrons. The lowest BCUT2D eigenvalue weighted by Crippen LogP contribution is -2.25. The van der Waals surface area contributed by atoms with Crippen molar-refractivity contribution in [3.8, 4) is 0 Å². The van der Waals surface area contributed by atoms with Crippen molar-refractivity contribution in [2.75, 3.05) is 5.32 Å². The molecule has 0 atom stereocenters. The minimum Gasteiger partial charge on any atom is -0.513 e. The monoisotopic (exact) mass is 396 g/mol. The van der Waals surface area contributed by atoms with Gasteiger partial charge in [-0.3, -0.25) is 0 Å². The number of aliphatic hydroxyl groups is 1. The van der Waals surface area contributed by atoms with Crippen molar-refractivity contribution < 1.29 is 5.11 Å². The number of allylic oxidation sites excluding steroid dienone is 1. The lowest BCUT2D eigenvalue weighted by molar-refractivity contribution is 0.433. The fourth-order valence-electron chi connectivity index (χ4n) is 3.81. The van der Waals surface area contributed by atoms with Crippen LogP contribution in [0.1, 0.15) is 50.2 Å². The van der Waals surface area contributed by atoms with Crippen LogP contribution >= 0.6 is 11.8 Å². The van der Waals surface area contributed by atoms with Gasteiger partial charge in [-0.2, -0.15) is 0 Å². The molecular formula is C20H24N6OS. The molecule has 1 fully saturated rings. The predicted molar refractivity (Wildman–Crippen MR) is 111 cm³/mol. The Labute approximate surface area is 169 Å². The molecule has 0 amide bonds. The molecule has 2 aliphatic rings. The second-order valence-electron chi connectivity index (χ2n) is 7.06. The first kappa shape index (κ1) is 18.7. The molecule has 1 aliphatic carbocycles. The highest BCUT2D eigenvalue weighted by Gasteiger charge is 2.29. The van der Waals surface area contributed by atoms with Crippen LogP contribution in [0.15, 0.2) is 47.4 Å². The van der Waals surface area contributed by atoms with Gasteiger partial charge in [-0.15, -0.1) is 0 Å². The third-order valence-corrected chi connectivity index (χ3v) is 6.17. The summed E-state index contributed by atoms with van der Waals surface area (Å²) in [7, 11) is 0. The Kier molecular flexibility index (Phi) is 5.76. The Hall–Kier alpha value is -2.61. The fraction of sp³-hybridized carbons (Fsp3) is 0.400. The van der Waals surface area contributed by atoms with E-state index in [4.69, 9.17) is 0 Å². The Bertz CT molecular complexity index is 879. The van der Waals surface area contributed by atoms with Crippen LogP contribution in [0.2, 0.25) is 0 Å². The van der Waals surface area contributed by atoms with E-state index < -0.39 is 0 Å². The van der Waals surface area contributed by atoms with E-state index in [1.54, 1.807) is 18.7 Å². The molecule has 28 heavy (non-hydrogen) atoms. The van der Waals surface area contributed by atoms with Gasteiger partial charge in [0.05, 0.1) is 12.2 Å². The molecular weight excluding hydrogens is 372 g/mol. The average molecular weight is 397 g/mol. The fourth-order valence-corrected chi connectivity index (χ4v) is 4.77. The second kappa shape index (κ2) is 8.60. The van der Waals surface area contributed by atoms with Gasteiger partial charge < -0.3 is 15.3 Å². The zero-order valence-electron chi connectivity index (χ0n) is 15.9. The summed E-state index contributed by atoms with van der Waals surface area (Å²) in [5, 5.41) is 14.2. The first-order valence-corrected chi connectivity index (χ1v) is 10.4. The number of aliphatic hydroxyl groups excluding tert-OH is 1. The molecule has 8 heteroatoms. The maximum Gasteiger partial charge on any atom is 0.134 e. The van der Waals surface area contributed by atoms with Crippen LogP contribution < -0.4 is 5.32 Å². The lowest BCUT2D eigenvalue weighted by Gasteiger charge is -2.27. The van der Waals surface area contributed by atoms with E-state index in [2.05, 4.69) is 30.2 Å². The molecule has 2 aromatic heterocycles. The number of anilines is 1. The lowest BCUT2D eigenvalue weighted by atomic mass is 9.95. The SMILES string of the molecule is CC1=C(c2cncnc2)N(Cc2cncnc2NC2CCCCC2)C(=CO)S1. The highest BCUT2D eigenvalue weighted by Crippen LogP contribution is 2.45. The Morgan fingerprint density at radius 3 is 2.64 bits per heavy atom. The van der Waals surface area contributed by atoms with Gasteiger partial charge in [0.1, 0.15) is 29.8 Å². The third kappa shape index (κ3) is 3.96. The topological polar surface area (TPSA) is 87.1 Å². The van der Waals surface area contributed by atoms with Gasteiger partial charge in [0.15, 0.2) is 0 Å². The molecule has 7 nitrogen and oxygen atoms in total. The van der Waals surface area contributed by atoms with Gasteiger partial charge in [0.25, 0.3) is 0 Å². The van der Waals surface area contributed by atoms with E-state index in [0.717, 1.165) is 38.8 Å². The molecule has 146 valence electrons. The average Bonchev–Trinajstić information content (AvgIpc) is 3.06. The summed E-state index contributed by atoms with van der Waals surface area (Å²) in [4.78, 5) is 20.2. The van der Waals surface area contributed by atoms with E-state index in [-0.39, 0.29) is 0 Å². The van der Waals surface area contributed by atoms with E-state index in [1.165, 1.54) is 50.2 Å². The minimum atomic E-state index is 0.461. The van der Waals surface area contributed by atoms with E-state index in [0.29, 0.717) is 12.6 Å². The van der Waals surface area contributed by atoms with Crippen LogP contribution in [-0.2, 0) is 6.54 Å². The molecule has 2 aromatic rings. The van der Waals surface area contributed by atoms with Gasteiger partial charge in [-0.1, -0.05) is 31.0 Å². The largest absolute Gasteiger partial charge is 0.513 e. The van der Waals surface area contributed by atoms with Crippen LogP contribution in [0.4, 0.5) is 5.82 Å². The quantitative estimate of drug-likeness (QED) is 0.723. The predicted octanol–water partition coefficient (Wildman–Crippen LogP) is 4.31. The molecule has 3 heterocycles. The normalized spacial score (nSPS) is 19.5. The van der Waals surface area contributed by atoms with Crippen LogP contribution in [0.25, 0.3) is 5.70 Å². The standard InChI is InChI=1S/C20H24N6OS/c1-14-19(15-7-21-12-22-8-15)26(18(11-27)28-14)10-16-9-23-13-24-20(16)25-17-5-3-2-4-6-17/h7-9,11-13,17,27H,2-6,10H2,1H3,(H,23,24,25). The zero-order chi connectivity index (χ0) is 19.3. The highest BCUT2D eigenvalue weighted by molar-refractivity contribution is 8.07. The summed E-state index contributed by atoms with van der Waals surface area (Å²) in [6.45, 7) is 2.59. The highest BCUT2D eigenvalue weighted by atomic mass is 32.2. The van der Waals surface area contributed by atoms with Crippen molar-refractivity contribution in [1.29, 1.82) is 0 Å². The molecule has 1 saturated carbocycles. The van der Waals surface area contributed by atoms with E-state index in [1.807, 2.05) is 13.1 Å². The molecule has 0 bridgehead atoms. The summed E-state index contributed by atoms with van der Waals surface area (Å²) in [6.07, 6.45) is 15.9. The molecule has 0 spiro atoms. The van der Waals surface area contributed by atoms with Crippen molar-refractivity contribution in [2.45, 2.75) is 51.6 Å². The number of rotatable bonds is 5. The van der Waals surface area contributed by atoms with Crippen LogP contribution in [0, 0.1) is 0 Å². The third-order valence-electron chi connectivity index (χ3n) is 5.13. The Morgan fingerprint density at radius 2 is 1.89 bits per heavy atom. The van der Waals surface area contributed by atoms with Crippen molar-refractivity contribution in [3.05, 3.63) is 58.6 Å². The van der Waals surface area contributed by atoms with Crippen LogP contribution in [0.5, 0.6) is 0 Å². The van der Waals surface area contributed by atoms with Crippen molar-refractivity contribution in [1.82, 2.24) is 24.8 Å². The number of nitrogens with one attached hydrogen (secondary N) is 1. The van der Waals surface area contributed by atoms with Gasteiger partial charge in [0.2, 0.25) is 0 Å². The van der Waals surface area contributed by atoms with E-state index in [9.17, 15) is 5.11 Å². The van der Waals surface area contributed by atoms with Crippen LogP contribution in [-0.4, -0.2) is 36.0 Å². The molecule has 0 aromatic carbocycles. The van der Waals surface area contributed by atoms with E-state index >= 15 is 0 Å². The number of hydrogen-bond donors (Lipinski definition) is 2. The Balaban J connectivity index is 1.62. The maximum atomic E-state index is 9.80. The van der Waals surface area contributed by atoms with Gasteiger partial charge in [-0.05, 0) is 19.8 Å². The minimum absolute atomic E-state index is 0.461. The summed E-state index contributed by atoms with van der Waals surface area (Å²) in [5.41, 5.74) is 2.92. The zero-order valence-corrected chi connectivity index (χ0v) is 16.7. The Morgan fingerprint density at radius 1 is 1.14 bits per heavy atom. The van der Waals surface area contributed by atoms with Gasteiger partial charge in [0, 0.05) is 40.7 Å². The van der Waals surface area contributed by atoms with Gasteiger partial charge >= 0.3 is 0 Å². The second-order valence-corrected chi connectivity index (χ2v) is 8.30. The molecule has 2 N–H and O–H groups in total. The molecule has 4 rings (SSSR count). The van der Waals surface area contributed by atoms with Crippen molar-refractivity contribution in [3.63, 3.8) is 0 Å². The molecule has 0 unspecified atom stereocenters. The summed E-state index contributed by atoms with van der Waals surface area (Å²) in [5.74, 6) is 0.873. The maximum absolute atomic E-state index is 9.80. The number of aromatic nitrogens is 4. The number of thioether (sulfide) groups is 1. The van der Waals surface area contributed by atoms with Crippen LogP contribution in [0.3, 0.4) is 0 Å². The first-order chi connectivity index (χ1) is 13.8. The van der Waals surface area contributed by atoms with Crippen molar-refractivity contribution in [2.24, 2.45) is 0 Å². The first-order valence-electron chi connectivity index (χ1n) is 9.57. The van der Waals surface area contributed by atoms with Crippen molar-refractivity contribution >= 4 is 23.3 Å². The number of nitrogens with zero attached hydrogens (tertiary/aromatic N) is 5. The molecule has 0 saturated heterocycles. The summed E-state index contributed by atoms with van der Waals surface area (Å²) < 4.78 is 0. The summed E-state index contributed by atoms with van der Waals surface area (Å²) in [6, 6.07) is 0.461.